The fourth-order valence-corrected chi connectivity index (χ4v) is 2.61. The molecule has 2 rings (SSSR count). The molecule has 0 aromatic heterocycles. The van der Waals surface area contributed by atoms with E-state index in [0.717, 1.165) is 17.1 Å². The largest absolute Gasteiger partial charge is 0.497 e. The van der Waals surface area contributed by atoms with Crippen LogP contribution in [0.3, 0.4) is 0 Å². The number of hydrogen-bond donors (Lipinski definition) is 1. The number of hydrogen-bond acceptors (Lipinski definition) is 3. The van der Waals surface area contributed by atoms with E-state index in [1.807, 2.05) is 18.2 Å². The zero-order valence-electron chi connectivity index (χ0n) is 10.6. The first kappa shape index (κ1) is 12.2. The van der Waals surface area contributed by atoms with Gasteiger partial charge in [-0.2, -0.15) is 0 Å². The van der Waals surface area contributed by atoms with E-state index in [2.05, 4.69) is 0 Å². The summed E-state index contributed by atoms with van der Waals surface area (Å²) in [5.74, 6) is 2.23. The highest BCUT2D eigenvalue weighted by Crippen LogP contribution is 2.36. The molecule has 3 heteroatoms. The molecule has 1 aliphatic rings. The number of ether oxygens (including phenoxy) is 2. The third-order valence-electron chi connectivity index (χ3n) is 3.67. The first-order valence-electron chi connectivity index (χ1n) is 6.23. The smallest absolute Gasteiger partial charge is 0.122 e. The Morgan fingerprint density at radius 3 is 2.06 bits per heavy atom. The van der Waals surface area contributed by atoms with Gasteiger partial charge in [0.2, 0.25) is 0 Å². The Kier molecular flexibility index (Phi) is 3.89. The summed E-state index contributed by atoms with van der Waals surface area (Å²) in [5.41, 5.74) is 7.45. The lowest BCUT2D eigenvalue weighted by Gasteiger charge is -2.20. The zero-order valence-corrected chi connectivity index (χ0v) is 10.6. The molecule has 0 aliphatic heterocycles. The average Bonchev–Trinajstić information content (AvgIpc) is 2.91. The third-order valence-corrected chi connectivity index (χ3v) is 3.67. The maximum atomic E-state index is 6.34. The van der Waals surface area contributed by atoms with E-state index in [-0.39, 0.29) is 6.04 Å². The van der Waals surface area contributed by atoms with Crippen molar-refractivity contribution in [2.75, 3.05) is 14.2 Å². The summed E-state index contributed by atoms with van der Waals surface area (Å²) >= 11 is 0. The molecule has 0 bridgehead atoms. The van der Waals surface area contributed by atoms with Gasteiger partial charge in [-0.15, -0.1) is 0 Å². The summed E-state index contributed by atoms with van der Waals surface area (Å²) in [6, 6.07) is 6.02. The summed E-state index contributed by atoms with van der Waals surface area (Å²) in [5, 5.41) is 0. The predicted octanol–water partition coefficient (Wildman–Crippen LogP) is 2.89. The Hall–Kier alpha value is -1.22. The molecule has 0 saturated heterocycles. The van der Waals surface area contributed by atoms with Gasteiger partial charge in [-0.1, -0.05) is 12.8 Å². The van der Waals surface area contributed by atoms with Gasteiger partial charge in [0, 0.05) is 12.1 Å². The normalized spacial score (nSPS) is 18.1. The van der Waals surface area contributed by atoms with Gasteiger partial charge >= 0.3 is 0 Å². The molecular weight excluding hydrogens is 214 g/mol. The first-order chi connectivity index (χ1) is 8.24. The second-order valence-electron chi connectivity index (χ2n) is 4.72. The lowest BCUT2D eigenvalue weighted by Crippen LogP contribution is -2.19. The van der Waals surface area contributed by atoms with Crippen LogP contribution in [-0.4, -0.2) is 14.2 Å². The number of benzene rings is 1. The van der Waals surface area contributed by atoms with Gasteiger partial charge in [0.05, 0.1) is 14.2 Å². The van der Waals surface area contributed by atoms with Crippen molar-refractivity contribution >= 4 is 0 Å². The summed E-state index contributed by atoms with van der Waals surface area (Å²) in [6.45, 7) is 0. The van der Waals surface area contributed by atoms with Crippen molar-refractivity contribution in [3.63, 3.8) is 0 Å². The minimum atomic E-state index is 0.0986. The number of methoxy groups -OCH3 is 2. The molecule has 1 aromatic rings. The molecule has 0 spiro atoms. The lowest BCUT2D eigenvalue weighted by atomic mass is 9.92. The second-order valence-corrected chi connectivity index (χ2v) is 4.72. The Morgan fingerprint density at radius 1 is 1.06 bits per heavy atom. The van der Waals surface area contributed by atoms with Gasteiger partial charge in [-0.3, -0.25) is 0 Å². The first-order valence-corrected chi connectivity index (χ1v) is 6.23. The average molecular weight is 235 g/mol. The van der Waals surface area contributed by atoms with Crippen molar-refractivity contribution in [1.82, 2.24) is 0 Å². The Bertz CT molecular complexity index is 350. The Labute approximate surface area is 103 Å². The van der Waals surface area contributed by atoms with Crippen LogP contribution in [0, 0.1) is 5.92 Å². The SMILES string of the molecule is COc1cc(OC)cc([C@@H](N)C2CCCC2)c1. The fraction of sp³-hybridized carbons (Fsp3) is 0.571. The third kappa shape index (κ3) is 2.72. The summed E-state index contributed by atoms with van der Waals surface area (Å²) in [4.78, 5) is 0. The molecule has 1 fully saturated rings. The van der Waals surface area contributed by atoms with E-state index in [9.17, 15) is 0 Å². The van der Waals surface area contributed by atoms with E-state index in [1.54, 1.807) is 14.2 Å². The van der Waals surface area contributed by atoms with Gasteiger partial charge in [-0.25, -0.2) is 0 Å². The van der Waals surface area contributed by atoms with Crippen LogP contribution in [0.5, 0.6) is 11.5 Å². The van der Waals surface area contributed by atoms with Crippen LogP contribution in [-0.2, 0) is 0 Å². The zero-order chi connectivity index (χ0) is 12.3. The van der Waals surface area contributed by atoms with Crippen LogP contribution in [0.2, 0.25) is 0 Å². The highest BCUT2D eigenvalue weighted by Gasteiger charge is 2.23. The second kappa shape index (κ2) is 5.41. The van der Waals surface area contributed by atoms with Crippen molar-refractivity contribution in [1.29, 1.82) is 0 Å². The maximum Gasteiger partial charge on any atom is 0.122 e. The minimum absolute atomic E-state index is 0.0986. The Balaban J connectivity index is 2.23. The maximum absolute atomic E-state index is 6.34. The van der Waals surface area contributed by atoms with Crippen LogP contribution < -0.4 is 15.2 Å². The molecule has 0 heterocycles. The molecule has 1 saturated carbocycles. The van der Waals surface area contributed by atoms with Crippen molar-refractivity contribution in [3.05, 3.63) is 23.8 Å². The van der Waals surface area contributed by atoms with Crippen molar-refractivity contribution < 1.29 is 9.47 Å². The number of rotatable bonds is 4. The van der Waals surface area contributed by atoms with E-state index in [0.29, 0.717) is 5.92 Å². The van der Waals surface area contributed by atoms with Crippen LogP contribution >= 0.6 is 0 Å². The van der Waals surface area contributed by atoms with Gasteiger partial charge in [-0.05, 0) is 36.5 Å². The molecule has 1 aromatic carbocycles. The van der Waals surface area contributed by atoms with E-state index >= 15 is 0 Å². The summed E-state index contributed by atoms with van der Waals surface area (Å²) in [6.07, 6.45) is 5.08. The standard InChI is InChI=1S/C14H21NO2/c1-16-12-7-11(8-13(9-12)17-2)14(15)10-5-3-4-6-10/h7-10,14H,3-6,15H2,1-2H3/t14-/m0/s1. The number of nitrogens with two attached hydrogens (primary N) is 1. The van der Waals surface area contributed by atoms with Crippen molar-refractivity contribution in [2.45, 2.75) is 31.7 Å². The molecule has 0 unspecified atom stereocenters. The van der Waals surface area contributed by atoms with Gasteiger partial charge < -0.3 is 15.2 Å². The minimum Gasteiger partial charge on any atom is -0.497 e. The van der Waals surface area contributed by atoms with Gasteiger partial charge in [0.15, 0.2) is 0 Å². The molecule has 94 valence electrons. The van der Waals surface area contributed by atoms with Crippen LogP contribution in [0.25, 0.3) is 0 Å². The lowest BCUT2D eigenvalue weighted by molar-refractivity contribution is 0.388. The summed E-state index contributed by atoms with van der Waals surface area (Å²) < 4.78 is 10.5. The van der Waals surface area contributed by atoms with E-state index in [4.69, 9.17) is 15.2 Å². The van der Waals surface area contributed by atoms with Crippen LogP contribution in [0.15, 0.2) is 18.2 Å². The fourth-order valence-electron chi connectivity index (χ4n) is 2.61. The quantitative estimate of drug-likeness (QED) is 0.872. The molecule has 1 aliphatic carbocycles. The van der Waals surface area contributed by atoms with Crippen molar-refractivity contribution in [2.24, 2.45) is 11.7 Å². The van der Waals surface area contributed by atoms with Gasteiger partial charge in [0.1, 0.15) is 11.5 Å². The van der Waals surface area contributed by atoms with Crippen LogP contribution in [0.1, 0.15) is 37.3 Å². The monoisotopic (exact) mass is 235 g/mol. The molecule has 2 N–H and O–H groups in total. The van der Waals surface area contributed by atoms with E-state index < -0.39 is 0 Å². The molecule has 17 heavy (non-hydrogen) atoms. The highest BCUT2D eigenvalue weighted by atomic mass is 16.5. The highest BCUT2D eigenvalue weighted by molar-refractivity contribution is 5.40. The summed E-state index contributed by atoms with van der Waals surface area (Å²) in [7, 11) is 3.33. The Morgan fingerprint density at radius 2 is 1.59 bits per heavy atom. The predicted molar refractivity (Wildman–Crippen MR) is 68.4 cm³/mol. The topological polar surface area (TPSA) is 44.5 Å². The molecule has 0 radical (unpaired) electrons. The van der Waals surface area contributed by atoms with Crippen molar-refractivity contribution in [3.8, 4) is 11.5 Å². The molecule has 3 nitrogen and oxygen atoms in total. The van der Waals surface area contributed by atoms with Gasteiger partial charge in [0.25, 0.3) is 0 Å². The molecule has 0 amide bonds. The molecule has 1 atom stereocenters. The molecular formula is C14H21NO2. The van der Waals surface area contributed by atoms with Crippen LogP contribution in [0.4, 0.5) is 0 Å². The van der Waals surface area contributed by atoms with E-state index in [1.165, 1.54) is 25.7 Å².